The van der Waals surface area contributed by atoms with E-state index in [1.54, 1.807) is 7.11 Å². The molecule has 2 atom stereocenters. The number of piperidine rings is 1. The summed E-state index contributed by atoms with van der Waals surface area (Å²) in [6.45, 7) is 3.94. The van der Waals surface area contributed by atoms with Crippen molar-refractivity contribution in [2.24, 2.45) is 5.92 Å². The van der Waals surface area contributed by atoms with Gasteiger partial charge >= 0.3 is 0 Å². The van der Waals surface area contributed by atoms with Gasteiger partial charge in [-0.3, -0.25) is 9.69 Å². The second kappa shape index (κ2) is 7.34. The van der Waals surface area contributed by atoms with Gasteiger partial charge in [0.1, 0.15) is 5.75 Å². The SMILES string of the molecule is COc1ccc(CN2CCO[C@H]3CN(C4CCC4)CC[C@H]3C2=O)cc1. The van der Waals surface area contributed by atoms with Crippen LogP contribution in [-0.2, 0) is 16.1 Å². The van der Waals surface area contributed by atoms with Crippen molar-refractivity contribution in [3.63, 3.8) is 0 Å². The molecule has 1 saturated carbocycles. The molecule has 0 spiro atoms. The highest BCUT2D eigenvalue weighted by molar-refractivity contribution is 5.80. The number of fused-ring (bicyclic) bond motifs is 1. The summed E-state index contributed by atoms with van der Waals surface area (Å²) >= 11 is 0. The Hall–Kier alpha value is -1.59. The Labute approximate surface area is 149 Å². The van der Waals surface area contributed by atoms with Gasteiger partial charge in [0.05, 0.1) is 25.7 Å². The molecule has 136 valence electrons. The summed E-state index contributed by atoms with van der Waals surface area (Å²) in [5.74, 6) is 1.14. The van der Waals surface area contributed by atoms with Crippen LogP contribution in [0.3, 0.4) is 0 Å². The minimum absolute atomic E-state index is 0.0251. The van der Waals surface area contributed by atoms with Crippen molar-refractivity contribution < 1.29 is 14.3 Å². The predicted molar refractivity (Wildman–Crippen MR) is 95.5 cm³/mol. The van der Waals surface area contributed by atoms with E-state index in [0.29, 0.717) is 19.7 Å². The van der Waals surface area contributed by atoms with Crippen molar-refractivity contribution in [3.05, 3.63) is 29.8 Å². The second-order valence-corrected chi connectivity index (χ2v) is 7.49. The second-order valence-electron chi connectivity index (χ2n) is 7.49. The van der Waals surface area contributed by atoms with Crippen LogP contribution in [0.5, 0.6) is 5.75 Å². The number of hydrogen-bond donors (Lipinski definition) is 0. The number of nitrogens with zero attached hydrogens (tertiary/aromatic N) is 2. The molecule has 0 N–H and O–H groups in total. The molecular formula is C20H28N2O3. The van der Waals surface area contributed by atoms with Crippen LogP contribution in [0.25, 0.3) is 0 Å². The first kappa shape index (κ1) is 16.9. The van der Waals surface area contributed by atoms with Crippen LogP contribution in [-0.4, -0.2) is 61.2 Å². The first-order valence-electron chi connectivity index (χ1n) is 9.52. The summed E-state index contributed by atoms with van der Waals surface area (Å²) in [5.41, 5.74) is 1.14. The molecule has 3 aliphatic rings. The van der Waals surface area contributed by atoms with Crippen molar-refractivity contribution in [1.82, 2.24) is 9.80 Å². The molecule has 1 aliphatic carbocycles. The zero-order valence-electron chi connectivity index (χ0n) is 15.0. The molecule has 1 aromatic rings. The molecule has 1 amide bonds. The van der Waals surface area contributed by atoms with Crippen LogP contribution >= 0.6 is 0 Å². The van der Waals surface area contributed by atoms with Gasteiger partial charge in [0.15, 0.2) is 0 Å². The number of carbonyl (C=O) groups is 1. The number of likely N-dealkylation sites (tertiary alicyclic amines) is 1. The number of methoxy groups -OCH3 is 1. The number of amides is 1. The van der Waals surface area contributed by atoms with Crippen molar-refractivity contribution in [2.75, 3.05) is 33.4 Å². The van der Waals surface area contributed by atoms with Crippen LogP contribution in [0, 0.1) is 5.92 Å². The van der Waals surface area contributed by atoms with Crippen LogP contribution in [0.4, 0.5) is 0 Å². The zero-order chi connectivity index (χ0) is 17.2. The van der Waals surface area contributed by atoms with Crippen LogP contribution < -0.4 is 4.74 Å². The van der Waals surface area contributed by atoms with Gasteiger partial charge in [0.2, 0.25) is 5.91 Å². The average Bonchev–Trinajstić information content (AvgIpc) is 2.74. The van der Waals surface area contributed by atoms with Crippen molar-refractivity contribution in [1.29, 1.82) is 0 Å². The normalized spacial score (nSPS) is 28.2. The highest BCUT2D eigenvalue weighted by atomic mass is 16.5. The Morgan fingerprint density at radius 2 is 1.96 bits per heavy atom. The first-order valence-corrected chi connectivity index (χ1v) is 9.52. The van der Waals surface area contributed by atoms with E-state index in [9.17, 15) is 4.79 Å². The van der Waals surface area contributed by atoms with Crippen LogP contribution in [0.2, 0.25) is 0 Å². The lowest BCUT2D eigenvalue weighted by molar-refractivity contribution is -0.140. The van der Waals surface area contributed by atoms with Crippen molar-refractivity contribution in [2.45, 2.75) is 44.4 Å². The molecular weight excluding hydrogens is 316 g/mol. The quantitative estimate of drug-likeness (QED) is 0.840. The highest BCUT2D eigenvalue weighted by Gasteiger charge is 2.41. The topological polar surface area (TPSA) is 42.0 Å². The Bertz CT molecular complexity index is 599. The van der Waals surface area contributed by atoms with Gasteiger partial charge in [-0.25, -0.2) is 0 Å². The lowest BCUT2D eigenvalue weighted by Crippen LogP contribution is -2.53. The maximum Gasteiger partial charge on any atom is 0.228 e. The fraction of sp³-hybridized carbons (Fsp3) is 0.650. The molecule has 0 radical (unpaired) electrons. The molecule has 25 heavy (non-hydrogen) atoms. The van der Waals surface area contributed by atoms with Crippen LogP contribution in [0.1, 0.15) is 31.2 Å². The predicted octanol–water partition coefficient (Wildman–Crippen LogP) is 2.30. The third-order valence-corrected chi connectivity index (χ3v) is 6.04. The third kappa shape index (κ3) is 3.53. The number of rotatable bonds is 4. The molecule has 0 bridgehead atoms. The third-order valence-electron chi connectivity index (χ3n) is 6.04. The summed E-state index contributed by atoms with van der Waals surface area (Å²) in [6.07, 6.45) is 4.98. The van der Waals surface area contributed by atoms with E-state index in [0.717, 1.165) is 36.9 Å². The van der Waals surface area contributed by atoms with Gasteiger partial charge in [-0.05, 0) is 43.5 Å². The summed E-state index contributed by atoms with van der Waals surface area (Å²) < 4.78 is 11.3. The Morgan fingerprint density at radius 3 is 2.64 bits per heavy atom. The van der Waals surface area contributed by atoms with Gasteiger partial charge in [0, 0.05) is 25.7 Å². The largest absolute Gasteiger partial charge is 0.497 e. The molecule has 1 aromatic carbocycles. The molecule has 0 unspecified atom stereocenters. The molecule has 0 aromatic heterocycles. The smallest absolute Gasteiger partial charge is 0.228 e. The lowest BCUT2D eigenvalue weighted by Gasteiger charge is -2.44. The van der Waals surface area contributed by atoms with Gasteiger partial charge in [0.25, 0.3) is 0 Å². The maximum atomic E-state index is 13.1. The van der Waals surface area contributed by atoms with E-state index < -0.39 is 0 Å². The Morgan fingerprint density at radius 1 is 1.16 bits per heavy atom. The minimum Gasteiger partial charge on any atom is -0.497 e. The lowest BCUT2D eigenvalue weighted by atomic mass is 9.86. The van der Waals surface area contributed by atoms with E-state index >= 15 is 0 Å². The number of carbonyl (C=O) groups excluding carboxylic acids is 1. The average molecular weight is 344 g/mol. The Kier molecular flexibility index (Phi) is 4.95. The van der Waals surface area contributed by atoms with Gasteiger partial charge in [-0.15, -0.1) is 0 Å². The number of benzene rings is 1. The van der Waals surface area contributed by atoms with E-state index in [4.69, 9.17) is 9.47 Å². The zero-order valence-corrected chi connectivity index (χ0v) is 15.0. The van der Waals surface area contributed by atoms with Gasteiger partial charge in [-0.1, -0.05) is 18.6 Å². The molecule has 2 aliphatic heterocycles. The Balaban J connectivity index is 1.41. The van der Waals surface area contributed by atoms with E-state index in [1.807, 2.05) is 29.2 Å². The van der Waals surface area contributed by atoms with Gasteiger partial charge in [-0.2, -0.15) is 0 Å². The standard InChI is InChI=1S/C20H28N2O3/c1-24-17-7-5-15(6-8-17)13-22-11-12-25-19-14-21(16-3-2-4-16)10-9-18(19)20(22)23/h5-8,16,18-19H,2-4,9-14H2,1H3/t18-,19+/m1/s1. The minimum atomic E-state index is 0.0251. The summed E-state index contributed by atoms with van der Waals surface area (Å²) in [6, 6.07) is 8.71. The summed E-state index contributed by atoms with van der Waals surface area (Å²) in [4.78, 5) is 17.6. The fourth-order valence-electron chi connectivity index (χ4n) is 4.24. The molecule has 4 rings (SSSR count). The molecule has 3 fully saturated rings. The van der Waals surface area contributed by atoms with Crippen molar-refractivity contribution >= 4 is 5.91 Å². The summed E-state index contributed by atoms with van der Waals surface area (Å²) in [7, 11) is 1.67. The number of hydrogen-bond acceptors (Lipinski definition) is 4. The fourth-order valence-corrected chi connectivity index (χ4v) is 4.24. The molecule has 2 saturated heterocycles. The highest BCUT2D eigenvalue weighted by Crippen LogP contribution is 2.32. The molecule has 5 nitrogen and oxygen atoms in total. The maximum absolute atomic E-state index is 13.1. The molecule has 2 heterocycles. The summed E-state index contributed by atoms with van der Waals surface area (Å²) in [5, 5.41) is 0. The van der Waals surface area contributed by atoms with Gasteiger partial charge < -0.3 is 14.4 Å². The monoisotopic (exact) mass is 344 g/mol. The first-order chi connectivity index (χ1) is 12.2. The van der Waals surface area contributed by atoms with Crippen molar-refractivity contribution in [3.8, 4) is 5.75 Å². The van der Waals surface area contributed by atoms with Crippen LogP contribution in [0.15, 0.2) is 24.3 Å². The van der Waals surface area contributed by atoms with E-state index in [-0.39, 0.29) is 17.9 Å². The molecule has 5 heteroatoms. The van der Waals surface area contributed by atoms with E-state index in [1.165, 1.54) is 19.3 Å². The number of ether oxygens (including phenoxy) is 2. The van der Waals surface area contributed by atoms with E-state index in [2.05, 4.69) is 4.90 Å².